The molecular formula is C37H51NO7. The minimum absolute atomic E-state index is 0.0101. The Morgan fingerprint density at radius 2 is 1.62 bits per heavy atom. The average molecular weight is 622 g/mol. The largest absolute Gasteiger partial charge is 0.504 e. The van der Waals surface area contributed by atoms with Crippen LogP contribution in [0.25, 0.3) is 10.8 Å². The third kappa shape index (κ3) is 10.4. The van der Waals surface area contributed by atoms with Crippen LogP contribution in [-0.2, 0) is 16.0 Å². The number of carbonyl (C=O) groups excluding carboxylic acids is 1. The van der Waals surface area contributed by atoms with E-state index in [4.69, 9.17) is 4.74 Å². The van der Waals surface area contributed by atoms with Gasteiger partial charge in [0.25, 0.3) is 0 Å². The molecule has 0 amide bonds. The lowest BCUT2D eigenvalue weighted by molar-refractivity contribution is -0.149. The van der Waals surface area contributed by atoms with Gasteiger partial charge in [-0.3, -0.25) is 4.79 Å². The summed E-state index contributed by atoms with van der Waals surface area (Å²) in [5.74, 6) is -0.786. The fourth-order valence-electron chi connectivity index (χ4n) is 6.70. The van der Waals surface area contributed by atoms with Crippen LogP contribution in [0.1, 0.15) is 88.4 Å². The van der Waals surface area contributed by atoms with Crippen molar-refractivity contribution >= 4 is 16.7 Å². The van der Waals surface area contributed by atoms with Crippen molar-refractivity contribution in [3.63, 3.8) is 0 Å². The van der Waals surface area contributed by atoms with Crippen molar-refractivity contribution in [1.29, 1.82) is 0 Å². The number of hydrogen-bond acceptors (Lipinski definition) is 8. The Kier molecular flexibility index (Phi) is 13.5. The molecule has 45 heavy (non-hydrogen) atoms. The number of aliphatic hydroxyl groups is 3. The number of fused-ring (bicyclic) bond motifs is 1. The molecular weight excluding hydrogens is 570 g/mol. The van der Waals surface area contributed by atoms with Crippen molar-refractivity contribution in [3.8, 4) is 11.5 Å². The number of ether oxygens (including phenoxy) is 1. The molecule has 0 saturated heterocycles. The Labute approximate surface area is 267 Å². The number of aromatic hydroxyl groups is 2. The number of benzene rings is 3. The normalized spacial score (nSPS) is 21.2. The van der Waals surface area contributed by atoms with Crippen LogP contribution in [0, 0.1) is 11.8 Å². The second-order valence-electron chi connectivity index (χ2n) is 12.7. The highest BCUT2D eigenvalue weighted by Gasteiger charge is 2.40. The van der Waals surface area contributed by atoms with Gasteiger partial charge in [-0.15, -0.1) is 0 Å². The van der Waals surface area contributed by atoms with E-state index in [2.05, 4.69) is 42.6 Å². The molecule has 8 nitrogen and oxygen atoms in total. The van der Waals surface area contributed by atoms with E-state index in [0.717, 1.165) is 49.6 Å². The van der Waals surface area contributed by atoms with Crippen molar-refractivity contribution in [2.45, 2.75) is 102 Å². The Bertz CT molecular complexity index is 1350. The monoisotopic (exact) mass is 621 g/mol. The van der Waals surface area contributed by atoms with Crippen LogP contribution in [0.5, 0.6) is 11.5 Å². The SMILES string of the molecule is CCCNCC(OC(=O)CCCCCC[C@H]1C(O)CC(O)[C@@H]1CCC(O)Cc1ccc2ccccc2c1)c1ccc(O)c(O)c1. The van der Waals surface area contributed by atoms with Gasteiger partial charge in [0, 0.05) is 13.0 Å². The first-order valence-corrected chi connectivity index (χ1v) is 16.7. The van der Waals surface area contributed by atoms with Gasteiger partial charge < -0.3 is 35.6 Å². The molecule has 0 aliphatic heterocycles. The highest BCUT2D eigenvalue weighted by molar-refractivity contribution is 5.83. The Balaban J connectivity index is 1.16. The first-order chi connectivity index (χ1) is 21.7. The standard InChI is InChI=1S/C37H51NO7/c1-2-19-38-24-36(28-15-18-32(40)35(43)22-28)45-37(44)12-6-4-3-5-11-30-31(34(42)23-33(30)41)17-16-29(39)21-25-13-14-26-9-7-8-10-27(26)20-25/h7-10,13-15,18,20,22,29-31,33-34,36,38-43H,2-6,11-12,16-17,19,21,23-24H2,1H3/t29?,30-,31-,33?,34?,36?/m1/s1. The van der Waals surface area contributed by atoms with Gasteiger partial charge in [0.2, 0.25) is 0 Å². The number of unbranched alkanes of at least 4 members (excludes halogenated alkanes) is 3. The first-order valence-electron chi connectivity index (χ1n) is 16.7. The molecule has 4 unspecified atom stereocenters. The van der Waals surface area contributed by atoms with E-state index in [-0.39, 0.29) is 35.7 Å². The summed E-state index contributed by atoms with van der Waals surface area (Å²) in [5, 5.41) is 57.3. The molecule has 0 bridgehead atoms. The summed E-state index contributed by atoms with van der Waals surface area (Å²) in [4.78, 5) is 12.6. The van der Waals surface area contributed by atoms with Crippen LogP contribution < -0.4 is 5.32 Å². The summed E-state index contributed by atoms with van der Waals surface area (Å²) in [6.07, 6.45) is 5.45. The quantitative estimate of drug-likeness (QED) is 0.0585. The molecule has 0 aromatic heterocycles. The van der Waals surface area contributed by atoms with Gasteiger partial charge >= 0.3 is 5.97 Å². The van der Waals surface area contributed by atoms with Gasteiger partial charge in [0.05, 0.1) is 18.3 Å². The average Bonchev–Trinajstić information content (AvgIpc) is 3.29. The molecule has 1 aliphatic carbocycles. The summed E-state index contributed by atoms with van der Waals surface area (Å²) >= 11 is 0. The van der Waals surface area contributed by atoms with E-state index >= 15 is 0 Å². The third-order valence-corrected chi connectivity index (χ3v) is 9.21. The van der Waals surface area contributed by atoms with Crippen LogP contribution in [0.15, 0.2) is 60.7 Å². The summed E-state index contributed by atoms with van der Waals surface area (Å²) in [5.41, 5.74) is 1.72. The molecule has 6 N–H and O–H groups in total. The minimum Gasteiger partial charge on any atom is -0.504 e. The van der Waals surface area contributed by atoms with Gasteiger partial charge in [-0.05, 0) is 97.4 Å². The van der Waals surface area contributed by atoms with Crippen molar-refractivity contribution in [3.05, 3.63) is 71.8 Å². The molecule has 0 heterocycles. The Morgan fingerprint density at radius 3 is 2.38 bits per heavy atom. The van der Waals surface area contributed by atoms with Crippen molar-refractivity contribution in [2.75, 3.05) is 13.1 Å². The minimum atomic E-state index is -0.561. The number of hydrogen-bond donors (Lipinski definition) is 6. The summed E-state index contributed by atoms with van der Waals surface area (Å²) in [7, 11) is 0. The molecule has 246 valence electrons. The van der Waals surface area contributed by atoms with Crippen LogP contribution >= 0.6 is 0 Å². The lowest BCUT2D eigenvalue weighted by Crippen LogP contribution is -2.25. The van der Waals surface area contributed by atoms with E-state index in [9.17, 15) is 30.3 Å². The summed E-state index contributed by atoms with van der Waals surface area (Å²) < 4.78 is 5.73. The number of nitrogens with one attached hydrogen (secondary N) is 1. The molecule has 4 rings (SSSR count). The lowest BCUT2D eigenvalue weighted by atomic mass is 9.84. The predicted molar refractivity (Wildman–Crippen MR) is 176 cm³/mol. The van der Waals surface area contributed by atoms with Crippen LogP contribution in [-0.4, -0.2) is 62.9 Å². The zero-order chi connectivity index (χ0) is 32.2. The van der Waals surface area contributed by atoms with E-state index in [1.54, 1.807) is 6.07 Å². The van der Waals surface area contributed by atoms with Gasteiger partial charge in [-0.1, -0.05) is 74.7 Å². The summed E-state index contributed by atoms with van der Waals surface area (Å²) in [6.45, 7) is 3.24. The molecule has 0 radical (unpaired) electrons. The molecule has 6 atom stereocenters. The van der Waals surface area contributed by atoms with Crippen LogP contribution in [0.3, 0.4) is 0 Å². The Morgan fingerprint density at radius 1 is 0.889 bits per heavy atom. The number of rotatable bonds is 18. The van der Waals surface area contributed by atoms with E-state index < -0.39 is 24.4 Å². The van der Waals surface area contributed by atoms with Crippen molar-refractivity contribution < 1.29 is 35.1 Å². The van der Waals surface area contributed by atoms with Gasteiger partial charge in [-0.2, -0.15) is 0 Å². The fourth-order valence-corrected chi connectivity index (χ4v) is 6.70. The second-order valence-corrected chi connectivity index (χ2v) is 12.7. The number of aliphatic hydroxyl groups excluding tert-OH is 3. The predicted octanol–water partition coefficient (Wildman–Crippen LogP) is 5.92. The van der Waals surface area contributed by atoms with E-state index in [1.165, 1.54) is 17.5 Å². The van der Waals surface area contributed by atoms with Crippen LogP contribution in [0.4, 0.5) is 0 Å². The van der Waals surface area contributed by atoms with Gasteiger partial charge in [0.1, 0.15) is 6.10 Å². The molecule has 1 saturated carbocycles. The smallest absolute Gasteiger partial charge is 0.306 e. The van der Waals surface area contributed by atoms with Crippen molar-refractivity contribution in [2.24, 2.45) is 11.8 Å². The molecule has 1 fully saturated rings. The summed E-state index contributed by atoms with van der Waals surface area (Å²) in [6, 6.07) is 18.9. The topological polar surface area (TPSA) is 139 Å². The molecule has 3 aromatic rings. The van der Waals surface area contributed by atoms with Crippen LogP contribution in [0.2, 0.25) is 0 Å². The zero-order valence-electron chi connectivity index (χ0n) is 26.5. The lowest BCUT2D eigenvalue weighted by Gasteiger charge is -2.24. The number of phenols is 2. The second kappa shape index (κ2) is 17.5. The maximum absolute atomic E-state index is 12.6. The Hall–Kier alpha value is -3.17. The highest BCUT2D eigenvalue weighted by atomic mass is 16.5. The van der Waals surface area contributed by atoms with E-state index in [1.807, 2.05) is 12.1 Å². The fraction of sp³-hybridized carbons (Fsp3) is 0.541. The first kappa shape index (κ1) is 34.7. The van der Waals surface area contributed by atoms with Gasteiger partial charge in [0.15, 0.2) is 11.5 Å². The zero-order valence-corrected chi connectivity index (χ0v) is 26.5. The van der Waals surface area contributed by atoms with Crippen molar-refractivity contribution in [1.82, 2.24) is 5.32 Å². The maximum Gasteiger partial charge on any atom is 0.306 e. The number of esters is 1. The molecule has 3 aromatic carbocycles. The molecule has 1 aliphatic rings. The maximum atomic E-state index is 12.6. The highest BCUT2D eigenvalue weighted by Crippen LogP contribution is 2.39. The van der Waals surface area contributed by atoms with Gasteiger partial charge in [-0.25, -0.2) is 0 Å². The number of carbonyl (C=O) groups is 1. The number of phenolic OH excluding ortho intramolecular Hbond substituents is 2. The third-order valence-electron chi connectivity index (χ3n) is 9.21. The van der Waals surface area contributed by atoms with E-state index in [0.29, 0.717) is 44.2 Å². The molecule has 8 heteroatoms. The molecule has 0 spiro atoms.